The van der Waals surface area contributed by atoms with Crippen LogP contribution in [0.2, 0.25) is 0 Å². The van der Waals surface area contributed by atoms with Crippen molar-refractivity contribution in [1.82, 2.24) is 24.6 Å². The van der Waals surface area contributed by atoms with Crippen molar-refractivity contribution in [1.29, 1.82) is 0 Å². The summed E-state index contributed by atoms with van der Waals surface area (Å²) in [5.41, 5.74) is 1.88. The minimum Gasteiger partial charge on any atom is -0.494 e. The highest BCUT2D eigenvalue weighted by molar-refractivity contribution is 7.80. The van der Waals surface area contributed by atoms with Crippen LogP contribution in [0.5, 0.6) is 5.75 Å². The van der Waals surface area contributed by atoms with Gasteiger partial charge in [0.25, 0.3) is 5.89 Å². The molecule has 35 heavy (non-hydrogen) atoms. The molecule has 0 aliphatic carbocycles. The van der Waals surface area contributed by atoms with Gasteiger partial charge >= 0.3 is 0 Å². The maximum Gasteiger partial charge on any atom is 0.257 e. The summed E-state index contributed by atoms with van der Waals surface area (Å²) in [7, 11) is 0. The van der Waals surface area contributed by atoms with E-state index in [0.29, 0.717) is 30.8 Å². The fraction of sp³-hybridized carbons (Fsp3) is 0.308. The van der Waals surface area contributed by atoms with Crippen LogP contribution in [0, 0.1) is 0 Å². The number of piperidine rings is 1. The predicted molar refractivity (Wildman–Crippen MR) is 138 cm³/mol. The second-order valence-electron chi connectivity index (χ2n) is 8.44. The van der Waals surface area contributed by atoms with Gasteiger partial charge in [-0.25, -0.2) is 4.98 Å². The number of nitrogens with zero attached hydrogens (tertiary/aromatic N) is 5. The summed E-state index contributed by atoms with van der Waals surface area (Å²) in [6.45, 7) is 4.91. The van der Waals surface area contributed by atoms with Crippen LogP contribution in [-0.4, -0.2) is 49.4 Å². The Bertz CT molecular complexity index is 1250. The molecule has 1 aliphatic rings. The first-order chi connectivity index (χ1) is 17.2. The molecule has 2 aromatic heterocycles. The third kappa shape index (κ3) is 5.51. The van der Waals surface area contributed by atoms with Gasteiger partial charge in [0.2, 0.25) is 0 Å². The first-order valence-corrected chi connectivity index (χ1v) is 12.3. The summed E-state index contributed by atoms with van der Waals surface area (Å²) in [4.78, 5) is 11.4. The van der Waals surface area contributed by atoms with Crippen LogP contribution in [0.1, 0.15) is 37.3 Å². The van der Waals surface area contributed by atoms with E-state index in [4.69, 9.17) is 21.5 Å². The number of thiocarbonyl (C=S) groups is 1. The Morgan fingerprint density at radius 3 is 2.63 bits per heavy atom. The van der Waals surface area contributed by atoms with Gasteiger partial charge in [0.1, 0.15) is 11.6 Å². The normalized spacial score (nSPS) is 14.1. The van der Waals surface area contributed by atoms with E-state index in [2.05, 4.69) is 29.9 Å². The van der Waals surface area contributed by atoms with Crippen molar-refractivity contribution in [3.8, 4) is 17.2 Å². The number of likely N-dealkylation sites (tertiary alicyclic amines) is 1. The smallest absolute Gasteiger partial charge is 0.257 e. The number of imidazole rings is 1. The van der Waals surface area contributed by atoms with Crippen molar-refractivity contribution in [2.75, 3.05) is 25.0 Å². The van der Waals surface area contributed by atoms with Crippen molar-refractivity contribution in [3.05, 3.63) is 78.6 Å². The average Bonchev–Trinajstić information content (AvgIpc) is 3.56. The zero-order valence-electron chi connectivity index (χ0n) is 19.6. The largest absolute Gasteiger partial charge is 0.494 e. The molecule has 180 valence electrons. The SMILES string of the molecule is CCOc1ccc(NC(=S)N2CCC(c3nccn3Cc3noc(-c4ccccc4)n3)CC2)cc1. The van der Waals surface area contributed by atoms with Crippen LogP contribution in [0.25, 0.3) is 11.5 Å². The van der Waals surface area contributed by atoms with E-state index in [1.165, 1.54) is 0 Å². The lowest BCUT2D eigenvalue weighted by Gasteiger charge is -2.33. The van der Waals surface area contributed by atoms with Gasteiger partial charge in [0.15, 0.2) is 10.9 Å². The number of hydrogen-bond donors (Lipinski definition) is 1. The van der Waals surface area contributed by atoms with Crippen LogP contribution >= 0.6 is 12.2 Å². The number of ether oxygens (including phenoxy) is 1. The Hall–Kier alpha value is -3.72. The zero-order chi connectivity index (χ0) is 24.0. The molecule has 1 aliphatic heterocycles. The molecular weight excluding hydrogens is 460 g/mol. The molecule has 2 aromatic carbocycles. The van der Waals surface area contributed by atoms with Gasteiger partial charge in [0.05, 0.1) is 13.2 Å². The van der Waals surface area contributed by atoms with Crippen LogP contribution in [0.4, 0.5) is 5.69 Å². The Labute approximate surface area is 209 Å². The summed E-state index contributed by atoms with van der Waals surface area (Å²) >= 11 is 5.67. The van der Waals surface area contributed by atoms with E-state index in [0.717, 1.165) is 53.9 Å². The van der Waals surface area contributed by atoms with E-state index < -0.39 is 0 Å². The van der Waals surface area contributed by atoms with Crippen LogP contribution in [-0.2, 0) is 6.54 Å². The number of nitrogens with one attached hydrogen (secondary N) is 1. The Morgan fingerprint density at radius 1 is 1.11 bits per heavy atom. The Kier molecular flexibility index (Phi) is 7.04. The van der Waals surface area contributed by atoms with Gasteiger partial charge in [-0.15, -0.1) is 0 Å². The maximum absolute atomic E-state index is 5.67. The molecule has 0 spiro atoms. The number of aromatic nitrogens is 4. The number of anilines is 1. The maximum atomic E-state index is 5.67. The molecule has 5 rings (SSSR count). The Balaban J connectivity index is 1.17. The van der Waals surface area contributed by atoms with Crippen molar-refractivity contribution in [2.24, 2.45) is 0 Å². The zero-order valence-corrected chi connectivity index (χ0v) is 20.4. The van der Waals surface area contributed by atoms with Crippen LogP contribution in [0.3, 0.4) is 0 Å². The first kappa shape index (κ1) is 23.0. The van der Waals surface area contributed by atoms with Gasteiger partial charge in [0, 0.05) is 42.7 Å². The number of hydrogen-bond acceptors (Lipinski definition) is 6. The standard InChI is InChI=1S/C26H28N6O2S/c1-2-33-22-10-8-21(9-11-22)28-26(35)31-15-12-19(13-16-31)24-27-14-17-32(24)18-23-29-25(34-30-23)20-6-4-3-5-7-20/h3-11,14,17,19H,2,12-13,15-16,18H2,1H3,(H,28,35). The molecule has 0 unspecified atom stereocenters. The third-order valence-electron chi connectivity index (χ3n) is 6.11. The molecule has 1 N–H and O–H groups in total. The molecule has 0 atom stereocenters. The van der Waals surface area contributed by atoms with Gasteiger partial charge in [-0.05, 0) is 68.4 Å². The molecule has 0 radical (unpaired) electrons. The summed E-state index contributed by atoms with van der Waals surface area (Å²) in [6, 6.07) is 17.7. The molecular formula is C26H28N6O2S. The van der Waals surface area contributed by atoms with E-state index in [9.17, 15) is 0 Å². The molecule has 8 nitrogen and oxygen atoms in total. The lowest BCUT2D eigenvalue weighted by Crippen LogP contribution is -2.40. The topological polar surface area (TPSA) is 81.2 Å². The molecule has 0 saturated carbocycles. The van der Waals surface area contributed by atoms with Gasteiger partial charge in [-0.3, -0.25) is 0 Å². The molecule has 3 heterocycles. The minimum absolute atomic E-state index is 0.357. The fourth-order valence-corrected chi connectivity index (χ4v) is 4.63. The van der Waals surface area contributed by atoms with E-state index in [1.54, 1.807) is 0 Å². The average molecular weight is 489 g/mol. The lowest BCUT2D eigenvalue weighted by atomic mass is 9.96. The minimum atomic E-state index is 0.357. The highest BCUT2D eigenvalue weighted by Crippen LogP contribution is 2.28. The molecule has 0 amide bonds. The van der Waals surface area contributed by atoms with Crippen molar-refractivity contribution in [2.45, 2.75) is 32.2 Å². The quantitative estimate of drug-likeness (QED) is 0.366. The molecule has 1 fully saturated rings. The van der Waals surface area contributed by atoms with Crippen LogP contribution in [0.15, 0.2) is 71.5 Å². The van der Waals surface area contributed by atoms with Gasteiger partial charge in [-0.1, -0.05) is 23.4 Å². The molecule has 0 bridgehead atoms. The van der Waals surface area contributed by atoms with E-state index >= 15 is 0 Å². The van der Waals surface area contributed by atoms with E-state index in [-0.39, 0.29) is 0 Å². The van der Waals surface area contributed by atoms with Crippen LogP contribution < -0.4 is 10.1 Å². The Morgan fingerprint density at radius 2 is 1.89 bits per heavy atom. The monoisotopic (exact) mass is 488 g/mol. The highest BCUT2D eigenvalue weighted by Gasteiger charge is 2.25. The second-order valence-corrected chi connectivity index (χ2v) is 8.83. The van der Waals surface area contributed by atoms with Crippen molar-refractivity contribution in [3.63, 3.8) is 0 Å². The lowest BCUT2D eigenvalue weighted by molar-refractivity contribution is 0.306. The highest BCUT2D eigenvalue weighted by atomic mass is 32.1. The fourth-order valence-electron chi connectivity index (χ4n) is 4.33. The van der Waals surface area contributed by atoms with E-state index in [1.807, 2.05) is 73.9 Å². The van der Waals surface area contributed by atoms with Crippen molar-refractivity contribution < 1.29 is 9.26 Å². The summed E-state index contributed by atoms with van der Waals surface area (Å²) in [5.74, 6) is 3.44. The van der Waals surface area contributed by atoms with Gasteiger partial charge in [-0.2, -0.15) is 4.98 Å². The third-order valence-corrected chi connectivity index (χ3v) is 6.47. The first-order valence-electron chi connectivity index (χ1n) is 11.9. The second kappa shape index (κ2) is 10.7. The summed E-state index contributed by atoms with van der Waals surface area (Å²) in [6.07, 6.45) is 5.78. The summed E-state index contributed by atoms with van der Waals surface area (Å²) < 4.78 is 13.1. The van der Waals surface area contributed by atoms with Crippen molar-refractivity contribution >= 4 is 23.0 Å². The predicted octanol–water partition coefficient (Wildman–Crippen LogP) is 4.96. The number of benzene rings is 2. The molecule has 1 saturated heterocycles. The van der Waals surface area contributed by atoms with Gasteiger partial charge < -0.3 is 24.0 Å². The number of rotatable bonds is 7. The molecule has 9 heteroatoms. The summed E-state index contributed by atoms with van der Waals surface area (Å²) in [5, 5.41) is 8.26. The molecule has 4 aromatic rings.